The molecule has 4 nitrogen and oxygen atoms in total. The normalized spacial score (nSPS) is 12.6. The van der Waals surface area contributed by atoms with Gasteiger partial charge < -0.3 is 0 Å². The maximum atomic E-state index is 5.58. The molecule has 2 heterocycles. The van der Waals surface area contributed by atoms with Gasteiger partial charge in [-0.25, -0.2) is 4.98 Å². The molecule has 0 spiro atoms. The van der Waals surface area contributed by atoms with Crippen LogP contribution in [-0.2, 0) is 6.42 Å². The molecule has 0 saturated carbocycles. The molecule has 0 bridgehead atoms. The van der Waals surface area contributed by atoms with Crippen LogP contribution in [0.2, 0.25) is 0 Å². The Kier molecular flexibility index (Phi) is 3.61. The average molecular weight is 234 g/mol. The van der Waals surface area contributed by atoms with E-state index in [0.717, 1.165) is 22.7 Å². The van der Waals surface area contributed by atoms with Crippen molar-refractivity contribution in [2.45, 2.75) is 19.4 Å². The standard InChI is InChI=1S/C11H14N4S/c1-8-3-2-4-14-11(8)9(15-12)7-10-13-5-6-16-10/h2-6,9,15H,7,12H2,1H3. The van der Waals surface area contributed by atoms with E-state index in [0.29, 0.717) is 0 Å². The number of aryl methyl sites for hydroxylation is 1. The first kappa shape index (κ1) is 11.2. The van der Waals surface area contributed by atoms with Gasteiger partial charge in [0.15, 0.2) is 0 Å². The number of pyridine rings is 1. The Hall–Kier alpha value is -1.30. The molecule has 3 N–H and O–H groups in total. The molecule has 1 atom stereocenters. The second-order valence-corrected chi connectivity index (χ2v) is 4.53. The van der Waals surface area contributed by atoms with Crippen LogP contribution in [0.1, 0.15) is 22.3 Å². The van der Waals surface area contributed by atoms with Gasteiger partial charge in [-0.05, 0) is 18.6 Å². The van der Waals surface area contributed by atoms with E-state index in [2.05, 4.69) is 15.4 Å². The Labute approximate surface area is 98.5 Å². The van der Waals surface area contributed by atoms with E-state index < -0.39 is 0 Å². The predicted molar refractivity (Wildman–Crippen MR) is 64.9 cm³/mol. The van der Waals surface area contributed by atoms with Gasteiger partial charge in [-0.2, -0.15) is 0 Å². The number of hydrazine groups is 1. The summed E-state index contributed by atoms with van der Waals surface area (Å²) in [7, 11) is 0. The number of rotatable bonds is 4. The van der Waals surface area contributed by atoms with E-state index in [-0.39, 0.29) is 6.04 Å². The Morgan fingerprint density at radius 2 is 2.31 bits per heavy atom. The second kappa shape index (κ2) is 5.16. The summed E-state index contributed by atoms with van der Waals surface area (Å²) in [4.78, 5) is 8.62. The highest BCUT2D eigenvalue weighted by Crippen LogP contribution is 2.19. The fourth-order valence-electron chi connectivity index (χ4n) is 1.63. The van der Waals surface area contributed by atoms with Crippen molar-refractivity contribution in [3.8, 4) is 0 Å². The monoisotopic (exact) mass is 234 g/mol. The highest BCUT2D eigenvalue weighted by molar-refractivity contribution is 7.09. The van der Waals surface area contributed by atoms with Gasteiger partial charge in [0.2, 0.25) is 0 Å². The smallest absolute Gasteiger partial charge is 0.0944 e. The maximum absolute atomic E-state index is 5.58. The lowest BCUT2D eigenvalue weighted by Gasteiger charge is -2.15. The lowest BCUT2D eigenvalue weighted by Crippen LogP contribution is -2.30. The molecule has 0 fully saturated rings. The minimum atomic E-state index is 0.0207. The molecule has 0 amide bonds. The first-order valence-corrected chi connectivity index (χ1v) is 5.95. The lowest BCUT2D eigenvalue weighted by atomic mass is 10.1. The highest BCUT2D eigenvalue weighted by Gasteiger charge is 2.15. The molecule has 1 unspecified atom stereocenters. The SMILES string of the molecule is Cc1cccnc1C(Cc1nccs1)NN. The number of hydrogen-bond acceptors (Lipinski definition) is 5. The van der Waals surface area contributed by atoms with Gasteiger partial charge >= 0.3 is 0 Å². The Morgan fingerprint density at radius 3 is 2.94 bits per heavy atom. The molecular weight excluding hydrogens is 220 g/mol. The number of nitrogens with zero attached hydrogens (tertiary/aromatic N) is 2. The van der Waals surface area contributed by atoms with Gasteiger partial charge in [0.05, 0.1) is 16.7 Å². The Bertz CT molecular complexity index is 441. The molecule has 0 saturated heterocycles. The Balaban J connectivity index is 2.20. The second-order valence-electron chi connectivity index (χ2n) is 3.55. The van der Waals surface area contributed by atoms with Gasteiger partial charge in [-0.1, -0.05) is 6.07 Å². The molecule has 2 aromatic rings. The molecule has 0 radical (unpaired) electrons. The largest absolute Gasteiger partial charge is 0.271 e. The average Bonchev–Trinajstić information content (AvgIpc) is 2.80. The van der Waals surface area contributed by atoms with Crippen LogP contribution in [0.15, 0.2) is 29.9 Å². The third kappa shape index (κ3) is 2.44. The summed E-state index contributed by atoms with van der Waals surface area (Å²) >= 11 is 1.63. The number of aromatic nitrogens is 2. The van der Waals surface area contributed by atoms with Crippen LogP contribution in [0, 0.1) is 6.92 Å². The maximum Gasteiger partial charge on any atom is 0.0944 e. The summed E-state index contributed by atoms with van der Waals surface area (Å²) in [6.45, 7) is 2.04. The van der Waals surface area contributed by atoms with Crippen molar-refractivity contribution in [3.05, 3.63) is 46.2 Å². The van der Waals surface area contributed by atoms with E-state index in [1.165, 1.54) is 0 Å². The first-order valence-electron chi connectivity index (χ1n) is 5.07. The summed E-state index contributed by atoms with van der Waals surface area (Å²) in [6.07, 6.45) is 4.36. The number of thiazole rings is 1. The number of nitrogens with two attached hydrogens (primary N) is 1. The van der Waals surface area contributed by atoms with Gasteiger partial charge in [0.25, 0.3) is 0 Å². The zero-order chi connectivity index (χ0) is 11.4. The zero-order valence-corrected chi connectivity index (χ0v) is 9.87. The van der Waals surface area contributed by atoms with Crippen LogP contribution in [0.3, 0.4) is 0 Å². The molecule has 2 aromatic heterocycles. The van der Waals surface area contributed by atoms with Crippen LogP contribution in [0.5, 0.6) is 0 Å². The molecule has 0 aliphatic rings. The van der Waals surface area contributed by atoms with E-state index >= 15 is 0 Å². The van der Waals surface area contributed by atoms with Gasteiger partial charge in [0.1, 0.15) is 0 Å². The summed E-state index contributed by atoms with van der Waals surface area (Å²) in [5, 5.41) is 3.03. The van der Waals surface area contributed by atoms with E-state index in [9.17, 15) is 0 Å². The van der Waals surface area contributed by atoms with Crippen molar-refractivity contribution in [3.63, 3.8) is 0 Å². The molecule has 0 aromatic carbocycles. The van der Waals surface area contributed by atoms with Crippen molar-refractivity contribution in [1.29, 1.82) is 0 Å². The molecule has 0 aliphatic heterocycles. The Morgan fingerprint density at radius 1 is 1.44 bits per heavy atom. The molecule has 84 valence electrons. The highest BCUT2D eigenvalue weighted by atomic mass is 32.1. The van der Waals surface area contributed by atoms with Gasteiger partial charge in [-0.3, -0.25) is 16.3 Å². The van der Waals surface area contributed by atoms with Crippen molar-refractivity contribution in [1.82, 2.24) is 15.4 Å². The molecule has 2 rings (SSSR count). The van der Waals surface area contributed by atoms with Crippen molar-refractivity contribution < 1.29 is 0 Å². The van der Waals surface area contributed by atoms with E-state index in [4.69, 9.17) is 5.84 Å². The quantitative estimate of drug-likeness (QED) is 0.623. The first-order chi connectivity index (χ1) is 7.81. The van der Waals surface area contributed by atoms with Crippen molar-refractivity contribution in [2.75, 3.05) is 0 Å². The van der Waals surface area contributed by atoms with Crippen LogP contribution in [0.4, 0.5) is 0 Å². The fourth-order valence-corrected chi connectivity index (χ4v) is 2.29. The number of hydrogen-bond donors (Lipinski definition) is 2. The third-order valence-corrected chi connectivity index (χ3v) is 3.25. The topological polar surface area (TPSA) is 63.8 Å². The lowest BCUT2D eigenvalue weighted by molar-refractivity contribution is 0.534. The molecule has 0 aliphatic carbocycles. The zero-order valence-electron chi connectivity index (χ0n) is 9.05. The summed E-state index contributed by atoms with van der Waals surface area (Å²) in [6, 6.07) is 3.98. The van der Waals surface area contributed by atoms with E-state index in [1.807, 2.05) is 24.4 Å². The van der Waals surface area contributed by atoms with Crippen LogP contribution in [0.25, 0.3) is 0 Å². The van der Waals surface area contributed by atoms with Crippen molar-refractivity contribution >= 4 is 11.3 Å². The fraction of sp³-hybridized carbons (Fsp3) is 0.273. The molecule has 16 heavy (non-hydrogen) atoms. The predicted octanol–water partition coefficient (Wildman–Crippen LogP) is 1.59. The summed E-state index contributed by atoms with van der Waals surface area (Å²) in [5.74, 6) is 5.58. The van der Waals surface area contributed by atoms with Crippen LogP contribution >= 0.6 is 11.3 Å². The number of nitrogens with one attached hydrogen (secondary N) is 1. The van der Waals surface area contributed by atoms with Gasteiger partial charge in [0, 0.05) is 24.2 Å². The van der Waals surface area contributed by atoms with E-state index in [1.54, 1.807) is 23.7 Å². The van der Waals surface area contributed by atoms with Crippen LogP contribution in [-0.4, -0.2) is 9.97 Å². The van der Waals surface area contributed by atoms with Crippen molar-refractivity contribution in [2.24, 2.45) is 5.84 Å². The third-order valence-electron chi connectivity index (χ3n) is 2.44. The minimum absolute atomic E-state index is 0.0207. The van der Waals surface area contributed by atoms with Gasteiger partial charge in [-0.15, -0.1) is 11.3 Å². The van der Waals surface area contributed by atoms with Crippen LogP contribution < -0.4 is 11.3 Å². The molecular formula is C11H14N4S. The summed E-state index contributed by atoms with van der Waals surface area (Å²) in [5.41, 5.74) is 4.93. The minimum Gasteiger partial charge on any atom is -0.271 e. The summed E-state index contributed by atoms with van der Waals surface area (Å²) < 4.78 is 0. The molecule has 5 heteroatoms.